The molecule has 1 aromatic carbocycles. The summed E-state index contributed by atoms with van der Waals surface area (Å²) >= 11 is 0. The second-order valence-electron chi connectivity index (χ2n) is 7.88. The number of amides is 1. The molecule has 2 aromatic rings. The molecule has 0 saturated heterocycles. The van der Waals surface area contributed by atoms with Gasteiger partial charge in [-0.3, -0.25) is 9.59 Å². The number of hydrogen-bond acceptors (Lipinski definition) is 6. The number of aryl methyl sites for hydroxylation is 2. The Morgan fingerprint density at radius 3 is 2.90 bits per heavy atom. The van der Waals surface area contributed by atoms with Crippen LogP contribution in [0.5, 0.6) is 11.5 Å². The van der Waals surface area contributed by atoms with E-state index < -0.39 is 12.0 Å². The van der Waals surface area contributed by atoms with Crippen molar-refractivity contribution in [3.63, 3.8) is 0 Å². The highest BCUT2D eigenvalue weighted by molar-refractivity contribution is 5.77. The zero-order valence-corrected chi connectivity index (χ0v) is 17.4. The van der Waals surface area contributed by atoms with Crippen molar-refractivity contribution in [1.82, 2.24) is 10.3 Å². The quantitative estimate of drug-likeness (QED) is 0.529. The summed E-state index contributed by atoms with van der Waals surface area (Å²) in [6.07, 6.45) is 4.70. The van der Waals surface area contributed by atoms with E-state index in [-0.39, 0.29) is 19.1 Å². The summed E-state index contributed by atoms with van der Waals surface area (Å²) in [5.41, 5.74) is 2.98. The van der Waals surface area contributed by atoms with Crippen LogP contribution in [0.3, 0.4) is 0 Å². The van der Waals surface area contributed by atoms with Crippen LogP contribution in [-0.2, 0) is 22.4 Å². The molecule has 31 heavy (non-hydrogen) atoms. The van der Waals surface area contributed by atoms with E-state index in [0.717, 1.165) is 43.7 Å². The van der Waals surface area contributed by atoms with Gasteiger partial charge in [-0.2, -0.15) is 0 Å². The molecule has 1 atom stereocenters. The maximum absolute atomic E-state index is 12.5. The van der Waals surface area contributed by atoms with Crippen molar-refractivity contribution < 1.29 is 24.2 Å². The van der Waals surface area contributed by atoms with Crippen molar-refractivity contribution in [1.29, 1.82) is 0 Å². The molecule has 1 aromatic heterocycles. The number of hydrogen-bond donors (Lipinski definition) is 3. The highest BCUT2D eigenvalue weighted by atomic mass is 16.7. The van der Waals surface area contributed by atoms with Crippen LogP contribution in [0.2, 0.25) is 0 Å². The number of pyridine rings is 1. The van der Waals surface area contributed by atoms with Crippen LogP contribution in [0, 0.1) is 0 Å². The number of carboxylic acid groups (broad SMARTS) is 1. The smallest absolute Gasteiger partial charge is 0.305 e. The molecular weight excluding hydrogens is 398 g/mol. The zero-order chi connectivity index (χ0) is 21.6. The highest BCUT2D eigenvalue weighted by Gasteiger charge is 2.21. The largest absolute Gasteiger partial charge is 0.481 e. The molecule has 8 nitrogen and oxygen atoms in total. The molecule has 0 bridgehead atoms. The van der Waals surface area contributed by atoms with Crippen molar-refractivity contribution in [2.75, 3.05) is 18.7 Å². The lowest BCUT2D eigenvalue weighted by Crippen LogP contribution is -2.30. The predicted octanol–water partition coefficient (Wildman–Crippen LogP) is 3.21. The van der Waals surface area contributed by atoms with E-state index in [1.807, 2.05) is 0 Å². The number of carbonyl (C=O) groups excluding carboxylic acids is 1. The fourth-order valence-electron chi connectivity index (χ4n) is 3.92. The first kappa shape index (κ1) is 21.0. The number of unbranched alkanes of at least 4 members (excludes halogenated alkanes) is 1. The van der Waals surface area contributed by atoms with E-state index in [1.54, 1.807) is 18.2 Å². The number of benzene rings is 1. The van der Waals surface area contributed by atoms with Crippen LogP contribution in [0.4, 0.5) is 5.82 Å². The van der Waals surface area contributed by atoms with Gasteiger partial charge in [-0.1, -0.05) is 12.1 Å². The molecule has 0 aliphatic carbocycles. The number of rotatable bonds is 9. The fourth-order valence-corrected chi connectivity index (χ4v) is 3.92. The lowest BCUT2D eigenvalue weighted by molar-refractivity contribution is -0.137. The van der Waals surface area contributed by atoms with Crippen molar-refractivity contribution >= 4 is 17.7 Å². The average Bonchev–Trinajstić information content (AvgIpc) is 3.24. The van der Waals surface area contributed by atoms with Gasteiger partial charge in [0.05, 0.1) is 12.5 Å². The molecule has 8 heteroatoms. The number of nitrogens with one attached hydrogen (secondary N) is 2. The maximum Gasteiger partial charge on any atom is 0.305 e. The highest BCUT2D eigenvalue weighted by Crippen LogP contribution is 2.34. The molecule has 0 radical (unpaired) electrons. The summed E-state index contributed by atoms with van der Waals surface area (Å²) in [4.78, 5) is 28.4. The van der Waals surface area contributed by atoms with E-state index in [2.05, 4.69) is 27.8 Å². The van der Waals surface area contributed by atoms with Crippen LogP contribution in [0.25, 0.3) is 0 Å². The molecule has 4 rings (SSSR count). The van der Waals surface area contributed by atoms with Crippen LogP contribution in [0.1, 0.15) is 55.0 Å². The molecule has 164 valence electrons. The first-order chi connectivity index (χ1) is 15.1. The minimum Gasteiger partial charge on any atom is -0.481 e. The Hall–Kier alpha value is -3.29. The van der Waals surface area contributed by atoms with E-state index in [9.17, 15) is 14.7 Å². The van der Waals surface area contributed by atoms with Gasteiger partial charge in [-0.25, -0.2) is 4.98 Å². The summed E-state index contributed by atoms with van der Waals surface area (Å²) in [7, 11) is 0. The third-order valence-electron chi connectivity index (χ3n) is 5.55. The summed E-state index contributed by atoms with van der Waals surface area (Å²) in [5.74, 6) is 1.03. The molecule has 2 aliphatic heterocycles. The van der Waals surface area contributed by atoms with Gasteiger partial charge in [0.25, 0.3) is 0 Å². The molecule has 0 saturated carbocycles. The zero-order valence-electron chi connectivity index (χ0n) is 17.4. The number of aliphatic carboxylic acids is 1. The third kappa shape index (κ3) is 5.45. The molecule has 0 fully saturated rings. The molecule has 1 amide bonds. The minimum atomic E-state index is -0.977. The summed E-state index contributed by atoms with van der Waals surface area (Å²) < 4.78 is 10.7. The Morgan fingerprint density at radius 2 is 2.03 bits per heavy atom. The Kier molecular flexibility index (Phi) is 6.54. The van der Waals surface area contributed by atoms with Crippen LogP contribution < -0.4 is 20.1 Å². The van der Waals surface area contributed by atoms with Gasteiger partial charge in [0.2, 0.25) is 12.7 Å². The van der Waals surface area contributed by atoms with E-state index in [1.165, 1.54) is 5.56 Å². The summed E-state index contributed by atoms with van der Waals surface area (Å²) in [5, 5.41) is 15.5. The van der Waals surface area contributed by atoms with Crippen LogP contribution in [-0.4, -0.2) is 35.3 Å². The van der Waals surface area contributed by atoms with Gasteiger partial charge in [-0.05, 0) is 61.4 Å². The lowest BCUT2D eigenvalue weighted by atomic mass is 10.0. The van der Waals surface area contributed by atoms with Gasteiger partial charge >= 0.3 is 5.97 Å². The summed E-state index contributed by atoms with van der Waals surface area (Å²) in [6.45, 7) is 1.11. The number of ether oxygens (including phenoxy) is 2. The van der Waals surface area contributed by atoms with Crippen LogP contribution in [0.15, 0.2) is 30.3 Å². The number of fused-ring (bicyclic) bond motifs is 2. The van der Waals surface area contributed by atoms with Crippen LogP contribution >= 0.6 is 0 Å². The number of anilines is 1. The van der Waals surface area contributed by atoms with Gasteiger partial charge < -0.3 is 25.2 Å². The molecule has 2 aliphatic rings. The lowest BCUT2D eigenvalue weighted by Gasteiger charge is -2.18. The summed E-state index contributed by atoms with van der Waals surface area (Å²) in [6, 6.07) is 8.81. The Balaban J connectivity index is 1.27. The number of carboxylic acids is 1. The van der Waals surface area contributed by atoms with E-state index in [0.29, 0.717) is 29.9 Å². The average molecular weight is 425 g/mol. The van der Waals surface area contributed by atoms with Crippen molar-refractivity contribution in [3.05, 3.63) is 47.2 Å². The normalized spacial score (nSPS) is 15.0. The Morgan fingerprint density at radius 1 is 1.16 bits per heavy atom. The molecule has 0 unspecified atom stereocenters. The maximum atomic E-state index is 12.5. The first-order valence-corrected chi connectivity index (χ1v) is 10.7. The predicted molar refractivity (Wildman–Crippen MR) is 114 cm³/mol. The van der Waals surface area contributed by atoms with E-state index >= 15 is 0 Å². The SMILES string of the molecule is O=C(O)C[C@H](NC(=O)CCCCc1ccc2c(n1)NCCC2)c1ccc2c(c1)OCO2. The van der Waals surface area contributed by atoms with Gasteiger partial charge in [0, 0.05) is 18.7 Å². The molecular formula is C23H27N3O5. The Labute approximate surface area is 181 Å². The van der Waals surface area contributed by atoms with E-state index in [4.69, 9.17) is 9.47 Å². The number of nitrogens with zero attached hydrogens (tertiary/aromatic N) is 1. The van der Waals surface area contributed by atoms with Gasteiger partial charge in [0.1, 0.15) is 5.82 Å². The molecule has 0 spiro atoms. The second kappa shape index (κ2) is 9.68. The Bertz CT molecular complexity index is 962. The first-order valence-electron chi connectivity index (χ1n) is 10.7. The molecule has 3 heterocycles. The standard InChI is InChI=1S/C23H27N3O5/c27-21(6-2-1-5-17-9-7-15-4-3-11-24-23(15)25-17)26-18(13-22(28)29)16-8-10-19-20(12-16)31-14-30-19/h7-10,12,18H,1-6,11,13-14H2,(H,24,25)(H,26,27)(H,28,29)/t18-/m0/s1. The number of carbonyl (C=O) groups is 2. The molecule has 3 N–H and O–H groups in total. The monoisotopic (exact) mass is 425 g/mol. The van der Waals surface area contributed by atoms with Gasteiger partial charge in [0.15, 0.2) is 11.5 Å². The van der Waals surface area contributed by atoms with Crippen molar-refractivity contribution in [2.45, 2.75) is 51.0 Å². The third-order valence-corrected chi connectivity index (χ3v) is 5.55. The van der Waals surface area contributed by atoms with Crippen molar-refractivity contribution in [2.24, 2.45) is 0 Å². The number of aromatic nitrogens is 1. The second-order valence-corrected chi connectivity index (χ2v) is 7.88. The van der Waals surface area contributed by atoms with Crippen molar-refractivity contribution in [3.8, 4) is 11.5 Å². The fraction of sp³-hybridized carbons (Fsp3) is 0.435. The minimum absolute atomic E-state index is 0.143. The topological polar surface area (TPSA) is 110 Å². The van der Waals surface area contributed by atoms with Gasteiger partial charge in [-0.15, -0.1) is 0 Å².